The number of esters is 1. The van der Waals surface area contributed by atoms with Crippen molar-refractivity contribution >= 4 is 16.9 Å². The molecule has 0 fully saturated rings. The molecule has 1 aromatic heterocycles. The lowest BCUT2D eigenvalue weighted by Gasteiger charge is -2.10. The van der Waals surface area contributed by atoms with Crippen molar-refractivity contribution in [3.8, 4) is 22.8 Å². The van der Waals surface area contributed by atoms with E-state index in [1.165, 1.54) is 18.2 Å². The van der Waals surface area contributed by atoms with Crippen LogP contribution in [0.2, 0.25) is 0 Å². The minimum atomic E-state index is -0.565. The maximum Gasteiger partial charge on any atom is 0.344 e. The molecule has 6 heteroatoms. The average molecular weight is 340 g/mol. The zero-order chi connectivity index (χ0) is 17.8. The standard InChI is InChI=1S/C19H16O6/c1-2-23-18(22)11-24-16-8-13(20)9-17-19(16)14(21)10-15(25-17)12-6-4-3-5-7-12/h3-10,20H,2,11H2,1H3. The topological polar surface area (TPSA) is 86.0 Å². The number of phenols is 1. The molecular formula is C19H16O6. The van der Waals surface area contributed by atoms with Gasteiger partial charge in [0.2, 0.25) is 0 Å². The number of hydrogen-bond acceptors (Lipinski definition) is 6. The summed E-state index contributed by atoms with van der Waals surface area (Å²) in [6.45, 7) is 1.54. The second kappa shape index (κ2) is 7.09. The monoisotopic (exact) mass is 340 g/mol. The first-order valence-electron chi connectivity index (χ1n) is 7.73. The summed E-state index contributed by atoms with van der Waals surface area (Å²) in [5, 5.41) is 10.0. The van der Waals surface area contributed by atoms with Gasteiger partial charge in [-0.25, -0.2) is 4.79 Å². The first-order valence-corrected chi connectivity index (χ1v) is 7.73. The number of fused-ring (bicyclic) bond motifs is 1. The van der Waals surface area contributed by atoms with E-state index in [9.17, 15) is 14.7 Å². The highest BCUT2D eigenvalue weighted by atomic mass is 16.6. The van der Waals surface area contributed by atoms with Gasteiger partial charge in [0.05, 0.1) is 6.61 Å². The first-order chi connectivity index (χ1) is 12.1. The van der Waals surface area contributed by atoms with Gasteiger partial charge in [-0.1, -0.05) is 30.3 Å². The Kier molecular flexibility index (Phi) is 4.70. The van der Waals surface area contributed by atoms with Crippen LogP contribution in [-0.2, 0) is 9.53 Å². The second-order valence-electron chi connectivity index (χ2n) is 5.25. The fraction of sp³-hybridized carbons (Fsp3) is 0.158. The van der Waals surface area contributed by atoms with Crippen LogP contribution in [0.15, 0.2) is 57.7 Å². The summed E-state index contributed by atoms with van der Waals surface area (Å²) in [6.07, 6.45) is 0. The highest BCUT2D eigenvalue weighted by molar-refractivity contribution is 5.86. The smallest absolute Gasteiger partial charge is 0.344 e. The third-order valence-corrected chi connectivity index (χ3v) is 3.49. The van der Waals surface area contributed by atoms with E-state index in [0.717, 1.165) is 5.56 Å². The van der Waals surface area contributed by atoms with Gasteiger partial charge in [-0.2, -0.15) is 0 Å². The zero-order valence-corrected chi connectivity index (χ0v) is 13.5. The molecule has 1 heterocycles. The zero-order valence-electron chi connectivity index (χ0n) is 13.5. The van der Waals surface area contributed by atoms with E-state index in [4.69, 9.17) is 13.9 Å². The van der Waals surface area contributed by atoms with Crippen LogP contribution in [0.3, 0.4) is 0 Å². The SMILES string of the molecule is CCOC(=O)COc1cc(O)cc2oc(-c3ccccc3)cc(=O)c12. The normalized spacial score (nSPS) is 10.6. The van der Waals surface area contributed by atoms with Crippen molar-refractivity contribution in [3.05, 3.63) is 58.8 Å². The lowest BCUT2D eigenvalue weighted by Crippen LogP contribution is -2.15. The number of aromatic hydroxyl groups is 1. The van der Waals surface area contributed by atoms with Crippen molar-refractivity contribution in [2.75, 3.05) is 13.2 Å². The summed E-state index contributed by atoms with van der Waals surface area (Å²) in [4.78, 5) is 24.0. The predicted molar refractivity (Wildman–Crippen MR) is 91.7 cm³/mol. The van der Waals surface area contributed by atoms with E-state index >= 15 is 0 Å². The molecule has 0 aliphatic heterocycles. The Morgan fingerprint density at radius 3 is 2.64 bits per heavy atom. The fourth-order valence-electron chi connectivity index (χ4n) is 2.44. The summed E-state index contributed by atoms with van der Waals surface area (Å²) in [5.74, 6) is -0.263. The molecule has 25 heavy (non-hydrogen) atoms. The highest BCUT2D eigenvalue weighted by Crippen LogP contribution is 2.31. The molecule has 0 saturated heterocycles. The van der Waals surface area contributed by atoms with E-state index in [0.29, 0.717) is 5.76 Å². The van der Waals surface area contributed by atoms with Gasteiger partial charge in [-0.05, 0) is 6.92 Å². The van der Waals surface area contributed by atoms with Gasteiger partial charge in [0.1, 0.15) is 28.2 Å². The van der Waals surface area contributed by atoms with Crippen LogP contribution in [0.25, 0.3) is 22.3 Å². The molecule has 0 radical (unpaired) electrons. The Bertz CT molecular complexity index is 959. The van der Waals surface area contributed by atoms with Gasteiger partial charge < -0.3 is 19.0 Å². The van der Waals surface area contributed by atoms with Crippen LogP contribution in [0.4, 0.5) is 0 Å². The molecule has 3 rings (SSSR count). The van der Waals surface area contributed by atoms with Crippen LogP contribution in [-0.4, -0.2) is 24.3 Å². The summed E-state index contributed by atoms with van der Waals surface area (Å²) in [6, 6.07) is 13.1. The Labute approximate surface area is 143 Å². The number of ether oxygens (including phenoxy) is 2. The Morgan fingerprint density at radius 1 is 1.16 bits per heavy atom. The second-order valence-corrected chi connectivity index (χ2v) is 5.25. The van der Waals surface area contributed by atoms with Gasteiger partial charge in [0.25, 0.3) is 0 Å². The number of carbonyl (C=O) groups excluding carboxylic acids is 1. The van der Waals surface area contributed by atoms with Crippen molar-refractivity contribution < 1.29 is 23.8 Å². The number of rotatable bonds is 5. The van der Waals surface area contributed by atoms with Crippen molar-refractivity contribution in [1.82, 2.24) is 0 Å². The van der Waals surface area contributed by atoms with E-state index in [2.05, 4.69) is 0 Å². The maximum absolute atomic E-state index is 12.5. The van der Waals surface area contributed by atoms with Crippen LogP contribution >= 0.6 is 0 Å². The molecule has 0 atom stereocenters. The van der Waals surface area contributed by atoms with Crippen LogP contribution in [0, 0.1) is 0 Å². The minimum absolute atomic E-state index is 0.0661. The van der Waals surface area contributed by atoms with E-state index in [1.807, 2.05) is 30.3 Å². The third-order valence-electron chi connectivity index (χ3n) is 3.49. The van der Waals surface area contributed by atoms with Crippen LogP contribution in [0.5, 0.6) is 11.5 Å². The van der Waals surface area contributed by atoms with Gasteiger partial charge in [-0.15, -0.1) is 0 Å². The molecule has 0 aliphatic rings. The average Bonchev–Trinajstić information content (AvgIpc) is 2.60. The van der Waals surface area contributed by atoms with Gasteiger partial charge >= 0.3 is 5.97 Å². The Balaban J connectivity index is 2.05. The fourth-order valence-corrected chi connectivity index (χ4v) is 2.44. The van der Waals surface area contributed by atoms with E-state index < -0.39 is 5.97 Å². The van der Waals surface area contributed by atoms with Crippen LogP contribution in [0.1, 0.15) is 6.92 Å². The molecule has 2 aromatic carbocycles. The third kappa shape index (κ3) is 3.63. The van der Waals surface area contributed by atoms with Gasteiger partial charge in [0.15, 0.2) is 12.0 Å². The maximum atomic E-state index is 12.5. The molecule has 128 valence electrons. The van der Waals surface area contributed by atoms with Gasteiger partial charge in [0, 0.05) is 23.8 Å². The number of benzene rings is 2. The van der Waals surface area contributed by atoms with Crippen LogP contribution < -0.4 is 10.2 Å². The summed E-state index contributed by atoms with van der Waals surface area (Å²) in [5.41, 5.74) is 0.572. The van der Waals surface area contributed by atoms with Crippen molar-refractivity contribution in [3.63, 3.8) is 0 Å². The number of phenolic OH excluding ortho intramolecular Hbond substituents is 1. The predicted octanol–water partition coefficient (Wildman–Crippen LogP) is 3.11. The summed E-state index contributed by atoms with van der Waals surface area (Å²) in [7, 11) is 0. The van der Waals surface area contributed by atoms with Crippen molar-refractivity contribution in [2.45, 2.75) is 6.92 Å². The molecule has 6 nitrogen and oxygen atoms in total. The molecule has 1 N–H and O–H groups in total. The lowest BCUT2D eigenvalue weighted by atomic mass is 10.1. The summed E-state index contributed by atoms with van der Waals surface area (Å²) < 4.78 is 15.9. The van der Waals surface area contributed by atoms with Gasteiger partial charge in [-0.3, -0.25) is 4.79 Å². The Hall–Kier alpha value is -3.28. The van der Waals surface area contributed by atoms with Crippen molar-refractivity contribution in [1.29, 1.82) is 0 Å². The lowest BCUT2D eigenvalue weighted by molar-refractivity contribution is -0.145. The largest absolute Gasteiger partial charge is 0.508 e. The summed E-state index contributed by atoms with van der Waals surface area (Å²) >= 11 is 0. The molecule has 0 amide bonds. The molecule has 0 aliphatic carbocycles. The molecule has 0 unspecified atom stereocenters. The highest BCUT2D eigenvalue weighted by Gasteiger charge is 2.15. The number of hydrogen-bond donors (Lipinski definition) is 1. The van der Waals surface area contributed by atoms with Crippen molar-refractivity contribution in [2.24, 2.45) is 0 Å². The quantitative estimate of drug-likeness (QED) is 0.718. The number of carbonyl (C=O) groups is 1. The molecule has 3 aromatic rings. The molecule has 0 bridgehead atoms. The molecule has 0 spiro atoms. The molecular weight excluding hydrogens is 324 g/mol. The van der Waals surface area contributed by atoms with E-state index in [-0.39, 0.29) is 41.1 Å². The minimum Gasteiger partial charge on any atom is -0.508 e. The first kappa shape index (κ1) is 16.6. The molecule has 0 saturated carbocycles. The van der Waals surface area contributed by atoms with E-state index in [1.54, 1.807) is 6.92 Å². The Morgan fingerprint density at radius 2 is 1.92 bits per heavy atom.